The summed E-state index contributed by atoms with van der Waals surface area (Å²) in [4.78, 5) is 10.3. The van der Waals surface area contributed by atoms with Gasteiger partial charge in [-0.2, -0.15) is 4.31 Å². The summed E-state index contributed by atoms with van der Waals surface area (Å²) in [6.07, 6.45) is 1.92. The topological polar surface area (TPSA) is 85.4 Å². The van der Waals surface area contributed by atoms with Gasteiger partial charge in [0.2, 0.25) is 10.0 Å². The van der Waals surface area contributed by atoms with Crippen molar-refractivity contribution >= 4 is 27.3 Å². The van der Waals surface area contributed by atoms with Crippen LogP contribution in [0.15, 0.2) is 71.8 Å². The van der Waals surface area contributed by atoms with Crippen LogP contribution in [0.5, 0.6) is 0 Å². The van der Waals surface area contributed by atoms with Crippen molar-refractivity contribution in [2.45, 2.75) is 17.5 Å². The fraction of sp³-hybridized carbons (Fsp3) is 0.158. The average molecular weight is 418 g/mol. The van der Waals surface area contributed by atoms with E-state index < -0.39 is 21.0 Å². The van der Waals surface area contributed by atoms with Gasteiger partial charge in [0, 0.05) is 42.1 Å². The molecule has 1 aliphatic heterocycles. The number of hydrogen-bond acceptors (Lipinski definition) is 4. The van der Waals surface area contributed by atoms with Crippen LogP contribution in [0.4, 0.5) is 5.69 Å². The SMILES string of the molecule is O=[N+]([O-])c1ccc(S(=O)(=O)N2CCn3cccc3[C@@H]2c2ccc(Cl)cc2)cc1. The molecule has 0 radical (unpaired) electrons. The molecule has 1 aliphatic rings. The minimum absolute atomic E-state index is 0.0251. The number of hydrogen-bond donors (Lipinski definition) is 0. The van der Waals surface area contributed by atoms with Gasteiger partial charge in [-0.05, 0) is 42.0 Å². The van der Waals surface area contributed by atoms with Gasteiger partial charge in [-0.25, -0.2) is 8.42 Å². The third-order valence-electron chi connectivity index (χ3n) is 4.83. The largest absolute Gasteiger partial charge is 0.348 e. The Kier molecular flexibility index (Phi) is 4.70. The summed E-state index contributed by atoms with van der Waals surface area (Å²) < 4.78 is 30.2. The highest BCUT2D eigenvalue weighted by molar-refractivity contribution is 7.89. The van der Waals surface area contributed by atoms with Crippen molar-refractivity contribution in [1.29, 1.82) is 0 Å². The Balaban J connectivity index is 1.80. The first-order chi connectivity index (χ1) is 13.4. The number of nitro groups is 1. The highest BCUT2D eigenvalue weighted by atomic mass is 35.5. The van der Waals surface area contributed by atoms with Crippen LogP contribution in [0.2, 0.25) is 5.02 Å². The van der Waals surface area contributed by atoms with E-state index >= 15 is 0 Å². The Morgan fingerprint density at radius 2 is 1.68 bits per heavy atom. The minimum Gasteiger partial charge on any atom is -0.348 e. The van der Waals surface area contributed by atoms with Gasteiger partial charge in [-0.1, -0.05) is 23.7 Å². The zero-order valence-electron chi connectivity index (χ0n) is 14.6. The fourth-order valence-electron chi connectivity index (χ4n) is 3.48. The molecule has 7 nitrogen and oxygen atoms in total. The Hall–Kier alpha value is -2.68. The second-order valence-electron chi connectivity index (χ2n) is 6.45. The normalized spacial score (nSPS) is 17.2. The molecular formula is C19H16ClN3O4S. The fourth-order valence-corrected chi connectivity index (χ4v) is 5.18. The highest BCUT2D eigenvalue weighted by Crippen LogP contribution is 2.37. The van der Waals surface area contributed by atoms with Crippen LogP contribution < -0.4 is 0 Å². The first-order valence-electron chi connectivity index (χ1n) is 8.55. The zero-order chi connectivity index (χ0) is 19.9. The molecule has 144 valence electrons. The molecule has 2 aromatic carbocycles. The third-order valence-corrected chi connectivity index (χ3v) is 6.96. The quantitative estimate of drug-likeness (QED) is 0.476. The van der Waals surface area contributed by atoms with Crippen molar-refractivity contribution in [1.82, 2.24) is 8.87 Å². The molecule has 3 aromatic rings. The maximum absolute atomic E-state index is 13.4. The van der Waals surface area contributed by atoms with Crippen LogP contribution in [0.3, 0.4) is 0 Å². The van der Waals surface area contributed by atoms with E-state index in [4.69, 9.17) is 11.6 Å². The van der Waals surface area contributed by atoms with E-state index in [1.54, 1.807) is 12.1 Å². The molecule has 0 aliphatic carbocycles. The lowest BCUT2D eigenvalue weighted by Gasteiger charge is -2.36. The maximum atomic E-state index is 13.4. The molecule has 0 bridgehead atoms. The van der Waals surface area contributed by atoms with Crippen molar-refractivity contribution in [3.05, 3.63) is 93.3 Å². The number of benzene rings is 2. The van der Waals surface area contributed by atoms with Crippen LogP contribution in [0.25, 0.3) is 0 Å². The molecule has 0 fully saturated rings. The van der Waals surface area contributed by atoms with E-state index in [9.17, 15) is 18.5 Å². The Morgan fingerprint density at radius 3 is 2.32 bits per heavy atom. The molecule has 9 heteroatoms. The lowest BCUT2D eigenvalue weighted by Crippen LogP contribution is -2.42. The van der Waals surface area contributed by atoms with Gasteiger partial charge in [0.25, 0.3) is 5.69 Å². The van der Waals surface area contributed by atoms with E-state index in [2.05, 4.69) is 0 Å². The van der Waals surface area contributed by atoms with Gasteiger partial charge in [-0.3, -0.25) is 10.1 Å². The summed E-state index contributed by atoms with van der Waals surface area (Å²) in [7, 11) is -3.87. The van der Waals surface area contributed by atoms with Gasteiger partial charge in [-0.15, -0.1) is 0 Å². The lowest BCUT2D eigenvalue weighted by molar-refractivity contribution is -0.384. The van der Waals surface area contributed by atoms with Crippen LogP contribution >= 0.6 is 11.6 Å². The first-order valence-corrected chi connectivity index (χ1v) is 10.4. The monoisotopic (exact) mass is 417 g/mol. The lowest BCUT2D eigenvalue weighted by atomic mass is 10.0. The van der Waals surface area contributed by atoms with E-state index in [0.29, 0.717) is 11.6 Å². The first kappa shape index (κ1) is 18.7. The number of sulfonamides is 1. The van der Waals surface area contributed by atoms with E-state index in [0.717, 1.165) is 11.3 Å². The van der Waals surface area contributed by atoms with Gasteiger partial charge in [0.05, 0.1) is 15.9 Å². The highest BCUT2D eigenvalue weighted by Gasteiger charge is 2.37. The van der Waals surface area contributed by atoms with Gasteiger partial charge >= 0.3 is 0 Å². The van der Waals surface area contributed by atoms with Crippen molar-refractivity contribution in [3.63, 3.8) is 0 Å². The summed E-state index contributed by atoms with van der Waals surface area (Å²) in [5.41, 5.74) is 1.51. The van der Waals surface area contributed by atoms with Gasteiger partial charge < -0.3 is 4.57 Å². The maximum Gasteiger partial charge on any atom is 0.269 e. The number of halogens is 1. The van der Waals surface area contributed by atoms with Crippen molar-refractivity contribution in [3.8, 4) is 0 Å². The number of non-ortho nitro benzene ring substituents is 1. The predicted octanol–water partition coefficient (Wildman–Crippen LogP) is 3.84. The van der Waals surface area contributed by atoms with Crippen LogP contribution in [0, 0.1) is 10.1 Å². The number of fused-ring (bicyclic) bond motifs is 1. The van der Waals surface area contributed by atoms with E-state index in [-0.39, 0.29) is 17.1 Å². The second-order valence-corrected chi connectivity index (χ2v) is 8.77. The standard InChI is InChI=1S/C19H16ClN3O4S/c20-15-5-3-14(4-6-15)19-18-2-1-11-21(18)12-13-22(19)28(26,27)17-9-7-16(8-10-17)23(24)25/h1-11,19H,12-13H2/t19-/m0/s1. The molecule has 0 unspecified atom stereocenters. The number of rotatable bonds is 4. The van der Waals surface area contributed by atoms with E-state index in [1.165, 1.54) is 28.6 Å². The summed E-state index contributed by atoms with van der Waals surface area (Å²) >= 11 is 6.00. The van der Waals surface area contributed by atoms with Crippen molar-refractivity contribution < 1.29 is 13.3 Å². The summed E-state index contributed by atoms with van der Waals surface area (Å²) in [6.45, 7) is 0.812. The molecule has 4 rings (SSSR count). The Morgan fingerprint density at radius 1 is 1.00 bits per heavy atom. The van der Waals surface area contributed by atoms with Crippen LogP contribution in [0.1, 0.15) is 17.3 Å². The van der Waals surface area contributed by atoms with Gasteiger partial charge in [0.15, 0.2) is 0 Å². The van der Waals surface area contributed by atoms with Crippen LogP contribution in [-0.2, 0) is 16.6 Å². The summed E-state index contributed by atoms with van der Waals surface area (Å²) in [5.74, 6) is 0. The number of aromatic nitrogens is 1. The smallest absolute Gasteiger partial charge is 0.269 e. The van der Waals surface area contributed by atoms with Crippen molar-refractivity contribution in [2.24, 2.45) is 0 Å². The Labute approximate surface area is 167 Å². The molecule has 2 heterocycles. The molecule has 1 atom stereocenters. The van der Waals surface area contributed by atoms with Crippen molar-refractivity contribution in [2.75, 3.05) is 6.54 Å². The third kappa shape index (κ3) is 3.19. The minimum atomic E-state index is -3.87. The molecule has 0 amide bonds. The molecular weight excluding hydrogens is 402 g/mol. The number of nitro benzene ring substituents is 1. The zero-order valence-corrected chi connectivity index (χ0v) is 16.2. The van der Waals surface area contributed by atoms with Crippen LogP contribution in [-0.4, -0.2) is 28.8 Å². The summed E-state index contributed by atoms with van der Waals surface area (Å²) in [6, 6.07) is 15.3. The predicted molar refractivity (Wildman–Crippen MR) is 105 cm³/mol. The second kappa shape index (κ2) is 7.05. The average Bonchev–Trinajstić information content (AvgIpc) is 3.17. The van der Waals surface area contributed by atoms with E-state index in [1.807, 2.05) is 35.0 Å². The molecule has 0 saturated heterocycles. The van der Waals surface area contributed by atoms with Gasteiger partial charge in [0.1, 0.15) is 0 Å². The molecule has 0 spiro atoms. The summed E-state index contributed by atoms with van der Waals surface area (Å²) in [5, 5.41) is 11.4. The molecule has 28 heavy (non-hydrogen) atoms. The molecule has 1 aromatic heterocycles. The molecule has 0 saturated carbocycles. The molecule has 0 N–H and O–H groups in total. The Bertz CT molecular complexity index is 1120. The number of nitrogens with zero attached hydrogens (tertiary/aromatic N) is 3.